The van der Waals surface area contributed by atoms with E-state index in [1.54, 1.807) is 12.1 Å². The Labute approximate surface area is 144 Å². The third-order valence-corrected chi connectivity index (χ3v) is 4.48. The van der Waals surface area contributed by atoms with Crippen LogP contribution >= 0.6 is 11.6 Å². The number of nitrogens with one attached hydrogen (secondary N) is 1. The molecule has 2 aromatic rings. The van der Waals surface area contributed by atoms with Crippen molar-refractivity contribution in [3.63, 3.8) is 0 Å². The number of benzene rings is 2. The standard InChI is InChI=1S/C18H16ClFN2O2/c1-11-2-5-14(9-16(11)19)21-18(24)12-8-17(23)22(10-12)15-6-3-13(20)4-7-15/h2-7,9,12H,8,10H2,1H3,(H,21,24). The van der Waals surface area contributed by atoms with Crippen LogP contribution in [0.15, 0.2) is 42.5 Å². The molecule has 0 radical (unpaired) electrons. The van der Waals surface area contributed by atoms with E-state index in [0.29, 0.717) is 16.4 Å². The maximum Gasteiger partial charge on any atom is 0.229 e. The van der Waals surface area contributed by atoms with Crippen LogP contribution in [0, 0.1) is 18.7 Å². The van der Waals surface area contributed by atoms with E-state index < -0.39 is 5.92 Å². The fourth-order valence-corrected chi connectivity index (χ4v) is 2.85. The third-order valence-electron chi connectivity index (χ3n) is 4.07. The highest BCUT2D eigenvalue weighted by Gasteiger charge is 2.35. The number of hydrogen-bond donors (Lipinski definition) is 1. The van der Waals surface area contributed by atoms with Gasteiger partial charge in [-0.2, -0.15) is 0 Å². The van der Waals surface area contributed by atoms with Crippen LogP contribution in [0.1, 0.15) is 12.0 Å². The molecule has 1 N–H and O–H groups in total. The Morgan fingerprint density at radius 1 is 1.25 bits per heavy atom. The lowest BCUT2D eigenvalue weighted by Gasteiger charge is -2.16. The summed E-state index contributed by atoms with van der Waals surface area (Å²) in [5.41, 5.74) is 2.12. The highest BCUT2D eigenvalue weighted by molar-refractivity contribution is 6.31. The second-order valence-corrected chi connectivity index (χ2v) is 6.24. The quantitative estimate of drug-likeness (QED) is 0.919. The molecule has 1 heterocycles. The summed E-state index contributed by atoms with van der Waals surface area (Å²) in [4.78, 5) is 26.1. The molecule has 0 aromatic heterocycles. The normalized spacial score (nSPS) is 17.2. The summed E-state index contributed by atoms with van der Waals surface area (Å²) < 4.78 is 13.0. The van der Waals surface area contributed by atoms with E-state index in [2.05, 4.69) is 5.32 Å². The minimum atomic E-state index is -0.456. The van der Waals surface area contributed by atoms with Gasteiger partial charge in [0.25, 0.3) is 0 Å². The van der Waals surface area contributed by atoms with E-state index in [1.165, 1.54) is 29.2 Å². The smallest absolute Gasteiger partial charge is 0.229 e. The number of rotatable bonds is 3. The van der Waals surface area contributed by atoms with E-state index in [4.69, 9.17) is 11.6 Å². The van der Waals surface area contributed by atoms with Gasteiger partial charge < -0.3 is 10.2 Å². The van der Waals surface area contributed by atoms with Crippen LogP contribution in [0.3, 0.4) is 0 Å². The van der Waals surface area contributed by atoms with Gasteiger partial charge in [-0.25, -0.2) is 4.39 Å². The van der Waals surface area contributed by atoms with Crippen molar-refractivity contribution < 1.29 is 14.0 Å². The number of halogens is 2. The summed E-state index contributed by atoms with van der Waals surface area (Å²) in [7, 11) is 0. The lowest BCUT2D eigenvalue weighted by molar-refractivity contribution is -0.122. The van der Waals surface area contributed by atoms with Crippen molar-refractivity contribution in [3.05, 3.63) is 58.9 Å². The number of amides is 2. The van der Waals surface area contributed by atoms with Gasteiger partial charge in [0.1, 0.15) is 5.82 Å². The van der Waals surface area contributed by atoms with Crippen molar-refractivity contribution in [2.24, 2.45) is 5.92 Å². The minimum absolute atomic E-state index is 0.128. The average Bonchev–Trinajstić information content (AvgIpc) is 2.94. The van der Waals surface area contributed by atoms with Gasteiger partial charge in [0.15, 0.2) is 0 Å². The molecule has 1 aliphatic heterocycles. The SMILES string of the molecule is Cc1ccc(NC(=O)C2CC(=O)N(c3ccc(F)cc3)C2)cc1Cl. The van der Waals surface area contributed by atoms with Gasteiger partial charge in [0, 0.05) is 29.4 Å². The Bertz CT molecular complexity index is 792. The Hall–Kier alpha value is -2.40. The lowest BCUT2D eigenvalue weighted by atomic mass is 10.1. The maximum atomic E-state index is 13.0. The molecular weight excluding hydrogens is 331 g/mol. The van der Waals surface area contributed by atoms with Gasteiger partial charge in [-0.3, -0.25) is 9.59 Å². The predicted octanol–water partition coefficient (Wildman–Crippen LogP) is 3.78. The van der Waals surface area contributed by atoms with Crippen LogP contribution in [0.5, 0.6) is 0 Å². The highest BCUT2D eigenvalue weighted by atomic mass is 35.5. The first-order valence-corrected chi connectivity index (χ1v) is 7.95. The first-order chi connectivity index (χ1) is 11.4. The molecule has 24 heavy (non-hydrogen) atoms. The largest absolute Gasteiger partial charge is 0.326 e. The summed E-state index contributed by atoms with van der Waals surface area (Å²) in [5.74, 6) is -1.20. The van der Waals surface area contributed by atoms with Crippen molar-refractivity contribution in [3.8, 4) is 0 Å². The first kappa shape index (κ1) is 16.5. The first-order valence-electron chi connectivity index (χ1n) is 7.57. The Morgan fingerprint density at radius 3 is 2.62 bits per heavy atom. The minimum Gasteiger partial charge on any atom is -0.326 e. The van der Waals surface area contributed by atoms with Crippen LogP contribution in [0.2, 0.25) is 5.02 Å². The van der Waals surface area contributed by atoms with Gasteiger partial charge >= 0.3 is 0 Å². The van der Waals surface area contributed by atoms with Gasteiger partial charge in [0.05, 0.1) is 5.92 Å². The molecule has 1 aliphatic rings. The molecule has 4 nitrogen and oxygen atoms in total. The average molecular weight is 347 g/mol. The number of aryl methyl sites for hydroxylation is 1. The number of nitrogens with zero attached hydrogens (tertiary/aromatic N) is 1. The van der Waals surface area contributed by atoms with E-state index in [1.807, 2.05) is 13.0 Å². The number of hydrogen-bond acceptors (Lipinski definition) is 2. The topological polar surface area (TPSA) is 49.4 Å². The van der Waals surface area contributed by atoms with Gasteiger partial charge in [-0.1, -0.05) is 17.7 Å². The number of carbonyl (C=O) groups excluding carboxylic acids is 2. The second kappa shape index (κ2) is 6.61. The van der Waals surface area contributed by atoms with Crippen molar-refractivity contribution in [1.29, 1.82) is 0 Å². The molecule has 1 fully saturated rings. The predicted molar refractivity (Wildman–Crippen MR) is 91.7 cm³/mol. The van der Waals surface area contributed by atoms with Crippen LogP contribution in [0.4, 0.5) is 15.8 Å². The summed E-state index contributed by atoms with van der Waals surface area (Å²) in [5, 5.41) is 3.36. The van der Waals surface area contributed by atoms with Gasteiger partial charge in [-0.05, 0) is 48.9 Å². The number of carbonyl (C=O) groups is 2. The fraction of sp³-hybridized carbons (Fsp3) is 0.222. The van der Waals surface area contributed by atoms with E-state index in [9.17, 15) is 14.0 Å². The monoisotopic (exact) mass is 346 g/mol. The molecule has 1 atom stereocenters. The molecule has 0 saturated carbocycles. The highest BCUT2D eigenvalue weighted by Crippen LogP contribution is 2.27. The molecule has 1 unspecified atom stereocenters. The summed E-state index contributed by atoms with van der Waals surface area (Å²) in [6, 6.07) is 10.9. The van der Waals surface area contributed by atoms with Crippen molar-refractivity contribution >= 4 is 34.8 Å². The molecule has 0 aliphatic carbocycles. The summed E-state index contributed by atoms with van der Waals surface area (Å²) in [6.07, 6.45) is 0.128. The molecule has 0 bridgehead atoms. The van der Waals surface area contributed by atoms with E-state index in [-0.39, 0.29) is 30.6 Å². The van der Waals surface area contributed by atoms with E-state index in [0.717, 1.165) is 5.56 Å². The van der Waals surface area contributed by atoms with Crippen molar-refractivity contribution in [1.82, 2.24) is 0 Å². The third kappa shape index (κ3) is 3.41. The zero-order chi connectivity index (χ0) is 17.3. The Morgan fingerprint density at radius 2 is 1.96 bits per heavy atom. The van der Waals surface area contributed by atoms with Crippen molar-refractivity contribution in [2.75, 3.05) is 16.8 Å². The molecule has 6 heteroatoms. The van der Waals surface area contributed by atoms with Crippen LogP contribution in [-0.2, 0) is 9.59 Å². The Balaban J connectivity index is 1.69. The van der Waals surface area contributed by atoms with Crippen LogP contribution in [0.25, 0.3) is 0 Å². The molecule has 2 amide bonds. The second-order valence-electron chi connectivity index (χ2n) is 5.84. The molecule has 2 aromatic carbocycles. The fourth-order valence-electron chi connectivity index (χ4n) is 2.67. The lowest BCUT2D eigenvalue weighted by Crippen LogP contribution is -2.28. The Kier molecular flexibility index (Phi) is 4.53. The molecule has 3 rings (SSSR count). The molecular formula is C18H16ClFN2O2. The zero-order valence-electron chi connectivity index (χ0n) is 13.1. The molecule has 1 saturated heterocycles. The van der Waals surface area contributed by atoms with E-state index >= 15 is 0 Å². The van der Waals surface area contributed by atoms with Gasteiger partial charge in [0.2, 0.25) is 11.8 Å². The number of anilines is 2. The zero-order valence-corrected chi connectivity index (χ0v) is 13.8. The summed E-state index contributed by atoms with van der Waals surface area (Å²) in [6.45, 7) is 2.15. The molecule has 124 valence electrons. The van der Waals surface area contributed by atoms with Crippen molar-refractivity contribution in [2.45, 2.75) is 13.3 Å². The van der Waals surface area contributed by atoms with Crippen LogP contribution in [-0.4, -0.2) is 18.4 Å². The summed E-state index contributed by atoms with van der Waals surface area (Å²) >= 11 is 6.05. The van der Waals surface area contributed by atoms with Crippen LogP contribution < -0.4 is 10.2 Å². The molecule has 0 spiro atoms. The van der Waals surface area contributed by atoms with Gasteiger partial charge in [-0.15, -0.1) is 0 Å². The maximum absolute atomic E-state index is 13.0.